The lowest BCUT2D eigenvalue weighted by Crippen LogP contribution is -2.01. The smallest absolute Gasteiger partial charge is 0.119 e. The van der Waals surface area contributed by atoms with Crippen molar-refractivity contribution in [3.8, 4) is 5.75 Å². The highest BCUT2D eigenvalue weighted by molar-refractivity contribution is 8.15. The molecule has 170 valence electrons. The molecule has 0 radical (unpaired) electrons. The number of aliphatic imine (C=N–C) groups is 1. The SMILES string of the molecule is CCCCCCCCCCCCCCCCOc1ccc(C2=NC[C@@H](C)S2)c(C)c1. The van der Waals surface area contributed by atoms with Crippen LogP contribution in [0.1, 0.15) is 115 Å². The lowest BCUT2D eigenvalue weighted by atomic mass is 10.0. The first kappa shape index (κ1) is 25.3. The van der Waals surface area contributed by atoms with Crippen molar-refractivity contribution < 1.29 is 4.74 Å². The molecular weight excluding hydrogens is 386 g/mol. The fraction of sp³-hybridized carbons (Fsp3) is 0.741. The van der Waals surface area contributed by atoms with E-state index in [1.807, 2.05) is 11.8 Å². The molecule has 30 heavy (non-hydrogen) atoms. The second-order valence-electron chi connectivity index (χ2n) is 9.00. The summed E-state index contributed by atoms with van der Waals surface area (Å²) in [6.45, 7) is 8.48. The van der Waals surface area contributed by atoms with Gasteiger partial charge in [-0.25, -0.2) is 0 Å². The molecule has 1 aromatic rings. The average molecular weight is 432 g/mol. The monoisotopic (exact) mass is 431 g/mol. The lowest BCUT2D eigenvalue weighted by Gasteiger charge is -2.10. The van der Waals surface area contributed by atoms with Crippen LogP contribution in [-0.2, 0) is 0 Å². The van der Waals surface area contributed by atoms with E-state index in [4.69, 9.17) is 4.74 Å². The third kappa shape index (κ3) is 10.4. The maximum Gasteiger partial charge on any atom is 0.119 e. The second kappa shape index (κ2) is 15.8. The van der Waals surface area contributed by atoms with Crippen molar-refractivity contribution in [1.29, 1.82) is 0 Å². The van der Waals surface area contributed by atoms with E-state index >= 15 is 0 Å². The predicted molar refractivity (Wildman–Crippen MR) is 135 cm³/mol. The Labute approximate surface area is 190 Å². The molecule has 1 aromatic carbocycles. The number of rotatable bonds is 17. The molecule has 1 aliphatic heterocycles. The predicted octanol–water partition coefficient (Wildman–Crippen LogP) is 8.74. The fourth-order valence-corrected chi connectivity index (χ4v) is 5.11. The Kier molecular flexibility index (Phi) is 13.3. The zero-order valence-corrected chi connectivity index (χ0v) is 20.7. The van der Waals surface area contributed by atoms with Crippen LogP contribution in [0.25, 0.3) is 0 Å². The highest BCUT2D eigenvalue weighted by Gasteiger charge is 2.18. The quantitative estimate of drug-likeness (QED) is 0.230. The van der Waals surface area contributed by atoms with Gasteiger partial charge in [0.1, 0.15) is 5.75 Å². The Morgan fingerprint density at radius 1 is 0.867 bits per heavy atom. The molecule has 0 aliphatic carbocycles. The molecule has 1 heterocycles. The van der Waals surface area contributed by atoms with Gasteiger partial charge in [0.15, 0.2) is 0 Å². The maximum atomic E-state index is 5.99. The molecule has 0 aromatic heterocycles. The molecule has 0 spiro atoms. The standard InChI is InChI=1S/C27H45NOS/c1-4-5-6-7-8-9-10-11-12-13-14-15-16-17-20-29-25-18-19-26(23(2)21-25)27-28-22-24(3)30-27/h18-19,21,24H,4-17,20,22H2,1-3H3/t24-/m1/s1. The third-order valence-corrected chi connectivity index (χ3v) is 7.12. The Hall–Kier alpha value is -0.960. The van der Waals surface area contributed by atoms with E-state index in [-0.39, 0.29) is 0 Å². The first-order chi connectivity index (χ1) is 14.7. The van der Waals surface area contributed by atoms with Crippen LogP contribution in [0.15, 0.2) is 23.2 Å². The topological polar surface area (TPSA) is 21.6 Å². The van der Waals surface area contributed by atoms with Gasteiger partial charge in [-0.15, -0.1) is 11.8 Å². The largest absolute Gasteiger partial charge is 0.494 e. The third-order valence-electron chi connectivity index (χ3n) is 6.00. The normalized spacial score (nSPS) is 16.1. The van der Waals surface area contributed by atoms with Crippen LogP contribution in [0.4, 0.5) is 0 Å². The summed E-state index contributed by atoms with van der Waals surface area (Å²) in [5, 5.41) is 1.80. The summed E-state index contributed by atoms with van der Waals surface area (Å²) < 4.78 is 5.99. The average Bonchev–Trinajstić information content (AvgIpc) is 3.17. The molecule has 3 heteroatoms. The van der Waals surface area contributed by atoms with E-state index in [1.54, 1.807) is 0 Å². The number of unbranched alkanes of at least 4 members (excludes halogenated alkanes) is 13. The van der Waals surface area contributed by atoms with E-state index in [1.165, 1.54) is 106 Å². The zero-order valence-electron chi connectivity index (χ0n) is 19.9. The van der Waals surface area contributed by atoms with Gasteiger partial charge < -0.3 is 4.74 Å². The Morgan fingerprint density at radius 2 is 1.43 bits per heavy atom. The van der Waals surface area contributed by atoms with Crippen LogP contribution in [0.2, 0.25) is 0 Å². The summed E-state index contributed by atoms with van der Waals surface area (Å²) in [7, 11) is 0. The fourth-order valence-electron chi connectivity index (χ4n) is 4.08. The molecule has 2 nitrogen and oxygen atoms in total. The molecule has 0 unspecified atom stereocenters. The molecule has 0 saturated carbocycles. The van der Waals surface area contributed by atoms with E-state index < -0.39 is 0 Å². The Bertz CT molecular complexity index is 613. The van der Waals surface area contributed by atoms with Crippen LogP contribution < -0.4 is 4.74 Å². The molecule has 0 fully saturated rings. The lowest BCUT2D eigenvalue weighted by molar-refractivity contribution is 0.304. The minimum atomic E-state index is 0.607. The molecule has 2 rings (SSSR count). The van der Waals surface area contributed by atoms with Crippen LogP contribution in [0.3, 0.4) is 0 Å². The van der Waals surface area contributed by atoms with E-state index in [0.29, 0.717) is 5.25 Å². The minimum absolute atomic E-state index is 0.607. The molecular formula is C27H45NOS. The Morgan fingerprint density at radius 3 is 1.93 bits per heavy atom. The van der Waals surface area contributed by atoms with Crippen LogP contribution >= 0.6 is 11.8 Å². The molecule has 0 saturated heterocycles. The Balaban J connectivity index is 1.42. The summed E-state index contributed by atoms with van der Waals surface area (Å²) in [6.07, 6.45) is 19.5. The van der Waals surface area contributed by atoms with Crippen LogP contribution in [-0.4, -0.2) is 23.4 Å². The number of thioether (sulfide) groups is 1. The summed E-state index contributed by atoms with van der Waals surface area (Å²) in [4.78, 5) is 4.66. The molecule has 1 aliphatic rings. The number of hydrogen-bond donors (Lipinski definition) is 0. The number of hydrogen-bond acceptors (Lipinski definition) is 3. The van der Waals surface area contributed by atoms with Crippen molar-refractivity contribution in [1.82, 2.24) is 0 Å². The van der Waals surface area contributed by atoms with Crippen molar-refractivity contribution in [2.45, 2.75) is 116 Å². The highest BCUT2D eigenvalue weighted by atomic mass is 32.2. The van der Waals surface area contributed by atoms with Gasteiger partial charge in [-0.05, 0) is 37.1 Å². The van der Waals surface area contributed by atoms with E-state index in [2.05, 4.69) is 44.0 Å². The first-order valence-corrected chi connectivity index (χ1v) is 13.5. The van der Waals surface area contributed by atoms with Gasteiger partial charge in [0.05, 0.1) is 18.2 Å². The number of aryl methyl sites for hydroxylation is 1. The molecule has 1 atom stereocenters. The van der Waals surface area contributed by atoms with Crippen molar-refractivity contribution in [3.63, 3.8) is 0 Å². The van der Waals surface area contributed by atoms with Crippen molar-refractivity contribution in [2.75, 3.05) is 13.2 Å². The van der Waals surface area contributed by atoms with Crippen molar-refractivity contribution >= 4 is 16.8 Å². The number of ether oxygens (including phenoxy) is 1. The van der Waals surface area contributed by atoms with Gasteiger partial charge in [0, 0.05) is 10.8 Å². The van der Waals surface area contributed by atoms with Gasteiger partial charge >= 0.3 is 0 Å². The molecule has 0 amide bonds. The number of nitrogens with zero attached hydrogens (tertiary/aromatic N) is 1. The van der Waals surface area contributed by atoms with Gasteiger partial charge in [0.25, 0.3) is 0 Å². The van der Waals surface area contributed by atoms with Gasteiger partial charge in [-0.1, -0.05) is 97.3 Å². The maximum absolute atomic E-state index is 5.99. The van der Waals surface area contributed by atoms with Crippen molar-refractivity contribution in [2.24, 2.45) is 4.99 Å². The number of benzene rings is 1. The second-order valence-corrected chi connectivity index (χ2v) is 10.4. The van der Waals surface area contributed by atoms with Gasteiger partial charge in [-0.2, -0.15) is 0 Å². The summed E-state index contributed by atoms with van der Waals surface area (Å²) >= 11 is 1.89. The van der Waals surface area contributed by atoms with E-state index in [0.717, 1.165) is 18.9 Å². The van der Waals surface area contributed by atoms with Gasteiger partial charge in [0.2, 0.25) is 0 Å². The zero-order chi connectivity index (χ0) is 21.4. The highest BCUT2D eigenvalue weighted by Crippen LogP contribution is 2.28. The summed E-state index contributed by atoms with van der Waals surface area (Å²) in [5.74, 6) is 1.00. The molecule has 0 bridgehead atoms. The van der Waals surface area contributed by atoms with Crippen LogP contribution in [0, 0.1) is 6.92 Å². The van der Waals surface area contributed by atoms with Gasteiger partial charge in [-0.3, -0.25) is 4.99 Å². The van der Waals surface area contributed by atoms with Crippen LogP contribution in [0.5, 0.6) is 5.75 Å². The minimum Gasteiger partial charge on any atom is -0.494 e. The first-order valence-electron chi connectivity index (χ1n) is 12.7. The molecule has 0 N–H and O–H groups in total. The summed E-state index contributed by atoms with van der Waals surface area (Å²) in [6, 6.07) is 6.46. The summed E-state index contributed by atoms with van der Waals surface area (Å²) in [5.41, 5.74) is 2.54. The van der Waals surface area contributed by atoms with E-state index in [9.17, 15) is 0 Å². The van der Waals surface area contributed by atoms with Crippen molar-refractivity contribution in [3.05, 3.63) is 29.3 Å².